The lowest BCUT2D eigenvalue weighted by atomic mass is 10.0. The van der Waals surface area contributed by atoms with Crippen LogP contribution in [0.5, 0.6) is 0 Å². The average Bonchev–Trinajstić information content (AvgIpc) is 2.47. The molecule has 1 fully saturated rings. The van der Waals surface area contributed by atoms with Gasteiger partial charge < -0.3 is 5.73 Å². The van der Waals surface area contributed by atoms with Crippen molar-refractivity contribution in [2.75, 3.05) is 11.5 Å². The molecule has 0 aromatic carbocycles. The summed E-state index contributed by atoms with van der Waals surface area (Å²) in [7, 11) is -0.593. The summed E-state index contributed by atoms with van der Waals surface area (Å²) in [6.45, 7) is 1.98. The highest BCUT2D eigenvalue weighted by Gasteiger charge is 2.23. The molecule has 3 unspecified atom stereocenters. The Morgan fingerprint density at radius 1 is 1.50 bits per heavy atom. The third-order valence-corrected chi connectivity index (χ3v) is 4.09. The van der Waals surface area contributed by atoms with E-state index in [9.17, 15) is 4.21 Å². The van der Waals surface area contributed by atoms with Crippen LogP contribution in [0.2, 0.25) is 0 Å². The summed E-state index contributed by atoms with van der Waals surface area (Å²) in [6, 6.07) is 0.388. The molecule has 0 spiro atoms. The van der Waals surface area contributed by atoms with E-state index in [4.69, 9.17) is 5.73 Å². The van der Waals surface area contributed by atoms with Crippen molar-refractivity contribution in [2.45, 2.75) is 38.6 Å². The fourth-order valence-electron chi connectivity index (χ4n) is 1.85. The second-order valence-corrected chi connectivity index (χ2v) is 5.44. The Kier molecular flexibility index (Phi) is 4.22. The van der Waals surface area contributed by atoms with Crippen LogP contribution in [-0.2, 0) is 10.8 Å². The van der Waals surface area contributed by atoms with Crippen molar-refractivity contribution in [3.63, 3.8) is 0 Å². The minimum Gasteiger partial charge on any atom is -0.327 e. The standard InChI is InChI=1S/C9H19NOS/c1-2-12(11)7-6-8-4-3-5-9(8)10/h8-9H,2-7,10H2,1H3. The molecule has 1 aliphatic rings. The Hall–Kier alpha value is 0.110. The summed E-state index contributed by atoms with van der Waals surface area (Å²) >= 11 is 0. The van der Waals surface area contributed by atoms with E-state index in [0.717, 1.165) is 17.9 Å². The summed E-state index contributed by atoms with van der Waals surface area (Å²) < 4.78 is 11.1. The molecule has 1 saturated carbocycles. The molecule has 2 nitrogen and oxygen atoms in total. The van der Waals surface area contributed by atoms with Crippen molar-refractivity contribution in [2.24, 2.45) is 11.7 Å². The lowest BCUT2D eigenvalue weighted by Crippen LogP contribution is -2.25. The molecule has 0 amide bonds. The predicted octanol–water partition coefficient (Wildman–Crippen LogP) is 1.27. The van der Waals surface area contributed by atoms with Gasteiger partial charge in [0.2, 0.25) is 0 Å². The zero-order valence-corrected chi connectivity index (χ0v) is 8.61. The van der Waals surface area contributed by atoms with Crippen LogP contribution in [0.15, 0.2) is 0 Å². The van der Waals surface area contributed by atoms with Gasteiger partial charge in [0.15, 0.2) is 0 Å². The molecule has 0 saturated heterocycles. The molecule has 0 aromatic heterocycles. The first-order valence-corrected chi connectivity index (χ1v) is 6.33. The number of nitrogens with two attached hydrogens (primary N) is 1. The van der Waals surface area contributed by atoms with Gasteiger partial charge in [-0.3, -0.25) is 4.21 Å². The SMILES string of the molecule is CCS(=O)CCC1CCCC1N. The maximum atomic E-state index is 11.1. The quantitative estimate of drug-likeness (QED) is 0.724. The Morgan fingerprint density at radius 3 is 2.75 bits per heavy atom. The van der Waals surface area contributed by atoms with Gasteiger partial charge in [0.25, 0.3) is 0 Å². The van der Waals surface area contributed by atoms with Crippen LogP contribution in [0.3, 0.4) is 0 Å². The first-order valence-electron chi connectivity index (χ1n) is 4.84. The van der Waals surface area contributed by atoms with Crippen molar-refractivity contribution in [1.82, 2.24) is 0 Å². The van der Waals surface area contributed by atoms with E-state index < -0.39 is 10.8 Å². The van der Waals surface area contributed by atoms with Gasteiger partial charge in [-0.15, -0.1) is 0 Å². The molecule has 3 heteroatoms. The number of rotatable bonds is 4. The van der Waals surface area contributed by atoms with E-state index in [0.29, 0.717) is 12.0 Å². The second kappa shape index (κ2) is 4.97. The molecule has 0 aliphatic heterocycles. The largest absolute Gasteiger partial charge is 0.327 e. The Bertz CT molecular complexity index is 161. The van der Waals surface area contributed by atoms with Gasteiger partial charge in [0, 0.05) is 28.3 Å². The van der Waals surface area contributed by atoms with Gasteiger partial charge in [-0.25, -0.2) is 0 Å². The lowest BCUT2D eigenvalue weighted by molar-refractivity contribution is 0.468. The van der Waals surface area contributed by atoms with E-state index in [1.807, 2.05) is 6.92 Å². The zero-order chi connectivity index (χ0) is 8.97. The summed E-state index contributed by atoms with van der Waals surface area (Å²) in [5, 5.41) is 0. The summed E-state index contributed by atoms with van der Waals surface area (Å²) in [5.41, 5.74) is 5.91. The van der Waals surface area contributed by atoms with Crippen LogP contribution >= 0.6 is 0 Å². The minimum absolute atomic E-state index is 0.388. The van der Waals surface area contributed by atoms with Gasteiger partial charge in [-0.2, -0.15) is 0 Å². The molecule has 0 aromatic rings. The van der Waals surface area contributed by atoms with Crippen molar-refractivity contribution in [1.29, 1.82) is 0 Å². The van der Waals surface area contributed by atoms with Crippen LogP contribution in [0.25, 0.3) is 0 Å². The molecule has 72 valence electrons. The summed E-state index contributed by atoms with van der Waals surface area (Å²) in [5.74, 6) is 2.30. The van der Waals surface area contributed by atoms with Crippen molar-refractivity contribution >= 4 is 10.8 Å². The highest BCUT2D eigenvalue weighted by molar-refractivity contribution is 7.84. The third-order valence-electron chi connectivity index (χ3n) is 2.76. The van der Waals surface area contributed by atoms with E-state index in [1.54, 1.807) is 0 Å². The van der Waals surface area contributed by atoms with E-state index >= 15 is 0 Å². The van der Waals surface area contributed by atoms with Gasteiger partial charge in [-0.05, 0) is 25.2 Å². The van der Waals surface area contributed by atoms with Crippen LogP contribution in [0, 0.1) is 5.92 Å². The van der Waals surface area contributed by atoms with Gasteiger partial charge in [0.05, 0.1) is 0 Å². The van der Waals surface area contributed by atoms with E-state index in [2.05, 4.69) is 0 Å². The Balaban J connectivity index is 2.18. The fourth-order valence-corrected chi connectivity index (χ4v) is 2.71. The molecular weight excluding hydrogens is 170 g/mol. The summed E-state index contributed by atoms with van der Waals surface area (Å²) in [4.78, 5) is 0. The maximum absolute atomic E-state index is 11.1. The molecular formula is C9H19NOS. The third kappa shape index (κ3) is 2.87. The second-order valence-electron chi connectivity index (χ2n) is 3.58. The van der Waals surface area contributed by atoms with Crippen LogP contribution in [-0.4, -0.2) is 21.8 Å². The van der Waals surface area contributed by atoms with E-state index in [-0.39, 0.29) is 0 Å². The zero-order valence-electron chi connectivity index (χ0n) is 7.79. The number of hydrogen-bond acceptors (Lipinski definition) is 2. The molecule has 0 radical (unpaired) electrons. The topological polar surface area (TPSA) is 43.1 Å². The molecule has 1 rings (SSSR count). The monoisotopic (exact) mass is 189 g/mol. The predicted molar refractivity (Wildman–Crippen MR) is 53.5 cm³/mol. The Morgan fingerprint density at radius 2 is 2.25 bits per heavy atom. The average molecular weight is 189 g/mol. The summed E-state index contributed by atoms with van der Waals surface area (Å²) in [6.07, 6.45) is 4.76. The normalized spacial score (nSPS) is 32.2. The van der Waals surface area contributed by atoms with Crippen molar-refractivity contribution in [3.8, 4) is 0 Å². The van der Waals surface area contributed by atoms with Crippen LogP contribution in [0.4, 0.5) is 0 Å². The van der Waals surface area contributed by atoms with Crippen molar-refractivity contribution in [3.05, 3.63) is 0 Å². The molecule has 2 N–H and O–H groups in total. The van der Waals surface area contributed by atoms with Crippen molar-refractivity contribution < 1.29 is 4.21 Å². The first kappa shape index (κ1) is 10.2. The smallest absolute Gasteiger partial charge is 0.0237 e. The maximum Gasteiger partial charge on any atom is 0.0237 e. The first-order chi connectivity index (χ1) is 5.74. The minimum atomic E-state index is -0.593. The van der Waals surface area contributed by atoms with E-state index in [1.165, 1.54) is 19.3 Å². The van der Waals surface area contributed by atoms with Gasteiger partial charge in [-0.1, -0.05) is 13.3 Å². The lowest BCUT2D eigenvalue weighted by Gasteiger charge is -2.13. The highest BCUT2D eigenvalue weighted by atomic mass is 32.2. The number of hydrogen-bond donors (Lipinski definition) is 1. The molecule has 1 aliphatic carbocycles. The van der Waals surface area contributed by atoms with Crippen LogP contribution in [0.1, 0.15) is 32.6 Å². The highest BCUT2D eigenvalue weighted by Crippen LogP contribution is 2.26. The molecule has 3 atom stereocenters. The van der Waals surface area contributed by atoms with Gasteiger partial charge >= 0.3 is 0 Å². The fraction of sp³-hybridized carbons (Fsp3) is 1.00. The Labute approximate surface area is 77.4 Å². The molecule has 0 heterocycles. The molecule has 12 heavy (non-hydrogen) atoms. The van der Waals surface area contributed by atoms with Gasteiger partial charge in [0.1, 0.15) is 0 Å². The molecule has 0 bridgehead atoms. The van der Waals surface area contributed by atoms with Crippen LogP contribution < -0.4 is 5.73 Å².